The van der Waals surface area contributed by atoms with E-state index in [4.69, 9.17) is 0 Å². The van der Waals surface area contributed by atoms with Crippen LogP contribution in [0.15, 0.2) is 15.6 Å². The number of nitrogens with one attached hydrogen (secondary N) is 2. The summed E-state index contributed by atoms with van der Waals surface area (Å²) in [5.74, 6) is 0.438. The Labute approximate surface area is 113 Å². The van der Waals surface area contributed by atoms with Crippen LogP contribution in [0.3, 0.4) is 0 Å². The summed E-state index contributed by atoms with van der Waals surface area (Å²) in [6.07, 6.45) is 4.64. The molecule has 1 aromatic rings. The summed E-state index contributed by atoms with van der Waals surface area (Å²) in [5.41, 5.74) is -0.266. The van der Waals surface area contributed by atoms with Crippen molar-refractivity contribution in [3.05, 3.63) is 21.2 Å². The van der Waals surface area contributed by atoms with Crippen LogP contribution in [0, 0.1) is 0 Å². The summed E-state index contributed by atoms with van der Waals surface area (Å²) >= 11 is 3.13. The third-order valence-corrected chi connectivity index (χ3v) is 3.65. The summed E-state index contributed by atoms with van der Waals surface area (Å²) < 4.78 is 0.316. The van der Waals surface area contributed by atoms with Gasteiger partial charge in [-0.2, -0.15) is 0 Å². The molecule has 1 amide bonds. The molecule has 2 N–H and O–H groups in total. The van der Waals surface area contributed by atoms with E-state index in [-0.39, 0.29) is 18.0 Å². The molecule has 6 nitrogen and oxygen atoms in total. The topological polar surface area (TPSA) is 78.1 Å². The zero-order chi connectivity index (χ0) is 13.0. The zero-order valence-electron chi connectivity index (χ0n) is 9.91. The molecule has 0 aromatic carbocycles. The van der Waals surface area contributed by atoms with Crippen molar-refractivity contribution in [2.75, 3.05) is 25.0 Å². The van der Waals surface area contributed by atoms with Gasteiger partial charge in [-0.05, 0) is 35.2 Å². The first-order valence-corrected chi connectivity index (χ1v) is 6.72. The van der Waals surface area contributed by atoms with E-state index in [1.165, 1.54) is 12.7 Å². The molecule has 98 valence electrons. The molecule has 1 fully saturated rings. The monoisotopic (exact) mass is 314 g/mol. The molecule has 0 bridgehead atoms. The van der Waals surface area contributed by atoms with Crippen molar-refractivity contribution >= 4 is 27.7 Å². The fourth-order valence-corrected chi connectivity index (χ4v) is 2.28. The smallest absolute Gasteiger partial charge is 0.267 e. The number of H-pyrrole nitrogens is 1. The van der Waals surface area contributed by atoms with Gasteiger partial charge in [0.25, 0.3) is 5.56 Å². The molecule has 1 saturated heterocycles. The number of carbonyl (C=O) groups is 1. The molecule has 2 heterocycles. The summed E-state index contributed by atoms with van der Waals surface area (Å²) in [4.78, 5) is 31.5. The highest BCUT2D eigenvalue weighted by Crippen LogP contribution is 2.13. The van der Waals surface area contributed by atoms with Crippen molar-refractivity contribution in [3.63, 3.8) is 0 Å². The molecule has 0 saturated carbocycles. The minimum atomic E-state index is -0.266. The first-order valence-electron chi connectivity index (χ1n) is 5.93. The maximum Gasteiger partial charge on any atom is 0.267 e. The highest BCUT2D eigenvalue weighted by Gasteiger charge is 2.16. The lowest BCUT2D eigenvalue weighted by molar-refractivity contribution is -0.130. The molecule has 1 aromatic heterocycles. The average Bonchev–Trinajstić information content (AvgIpc) is 2.41. The van der Waals surface area contributed by atoms with Gasteiger partial charge in [-0.15, -0.1) is 0 Å². The van der Waals surface area contributed by atoms with E-state index in [1.54, 1.807) is 0 Å². The van der Waals surface area contributed by atoms with Gasteiger partial charge in [0.1, 0.15) is 10.3 Å². The van der Waals surface area contributed by atoms with E-state index in [0.29, 0.717) is 10.3 Å². The molecule has 2 rings (SSSR count). The Hall–Kier alpha value is -1.37. The lowest BCUT2D eigenvalue weighted by atomic mass is 10.1. The maximum atomic E-state index is 11.9. The van der Waals surface area contributed by atoms with Gasteiger partial charge in [0.05, 0.1) is 12.9 Å². The van der Waals surface area contributed by atoms with Crippen LogP contribution < -0.4 is 10.9 Å². The number of aromatic amines is 1. The lowest BCUT2D eigenvalue weighted by Gasteiger charge is -2.26. The number of halogens is 1. The second-order valence-electron chi connectivity index (χ2n) is 4.19. The molecule has 0 aliphatic carbocycles. The highest BCUT2D eigenvalue weighted by atomic mass is 79.9. The van der Waals surface area contributed by atoms with Crippen molar-refractivity contribution in [3.8, 4) is 0 Å². The number of anilines is 1. The number of aromatic nitrogens is 2. The summed E-state index contributed by atoms with van der Waals surface area (Å²) in [7, 11) is 0. The van der Waals surface area contributed by atoms with Crippen LogP contribution in [0.1, 0.15) is 19.3 Å². The number of hydrogen-bond acceptors (Lipinski definition) is 4. The van der Waals surface area contributed by atoms with Crippen LogP contribution >= 0.6 is 15.9 Å². The molecule has 7 heteroatoms. The highest BCUT2D eigenvalue weighted by molar-refractivity contribution is 9.10. The van der Waals surface area contributed by atoms with Crippen molar-refractivity contribution in [1.82, 2.24) is 14.9 Å². The predicted octanol–water partition coefficient (Wildman–Crippen LogP) is 0.957. The van der Waals surface area contributed by atoms with E-state index < -0.39 is 0 Å². The number of nitrogens with zero attached hydrogens (tertiary/aromatic N) is 2. The van der Waals surface area contributed by atoms with Crippen LogP contribution in [0.25, 0.3) is 0 Å². The minimum Gasteiger partial charge on any atom is -0.360 e. The number of amides is 1. The van der Waals surface area contributed by atoms with Crippen LogP contribution in [0.2, 0.25) is 0 Å². The summed E-state index contributed by atoms with van der Waals surface area (Å²) in [6, 6.07) is 0. The molecule has 1 aliphatic heterocycles. The summed E-state index contributed by atoms with van der Waals surface area (Å²) in [6.45, 7) is 1.81. The van der Waals surface area contributed by atoms with E-state index in [0.717, 1.165) is 25.9 Å². The Morgan fingerprint density at radius 1 is 1.44 bits per heavy atom. The molecule has 0 spiro atoms. The van der Waals surface area contributed by atoms with Crippen LogP contribution in [0.4, 0.5) is 5.82 Å². The van der Waals surface area contributed by atoms with E-state index in [1.807, 2.05) is 4.90 Å². The average molecular weight is 315 g/mol. The fourth-order valence-electron chi connectivity index (χ4n) is 1.92. The number of hydrogen-bond donors (Lipinski definition) is 2. The van der Waals surface area contributed by atoms with Gasteiger partial charge in [0, 0.05) is 13.1 Å². The Morgan fingerprint density at radius 2 is 2.17 bits per heavy atom. The number of likely N-dealkylation sites (tertiary alicyclic amines) is 1. The van der Waals surface area contributed by atoms with E-state index >= 15 is 0 Å². The van der Waals surface area contributed by atoms with E-state index in [2.05, 4.69) is 31.2 Å². The van der Waals surface area contributed by atoms with Crippen LogP contribution in [-0.2, 0) is 4.79 Å². The molecule has 0 radical (unpaired) electrons. The first-order chi connectivity index (χ1) is 8.68. The molecular formula is C11H15BrN4O2. The lowest BCUT2D eigenvalue weighted by Crippen LogP contribution is -2.39. The molecule has 0 atom stereocenters. The Kier molecular flexibility index (Phi) is 4.35. The largest absolute Gasteiger partial charge is 0.360 e. The SMILES string of the molecule is O=C(CNc1nc[nH]c(=O)c1Br)N1CCCCC1. The second kappa shape index (κ2) is 5.99. The molecule has 0 unspecified atom stereocenters. The van der Waals surface area contributed by atoms with Crippen LogP contribution in [-0.4, -0.2) is 40.4 Å². The molecule has 1 aliphatic rings. The van der Waals surface area contributed by atoms with Crippen molar-refractivity contribution in [1.29, 1.82) is 0 Å². The van der Waals surface area contributed by atoms with Crippen molar-refractivity contribution < 1.29 is 4.79 Å². The Balaban J connectivity index is 1.92. The maximum absolute atomic E-state index is 11.9. The van der Waals surface area contributed by atoms with Gasteiger partial charge in [-0.25, -0.2) is 4.98 Å². The third kappa shape index (κ3) is 3.10. The first kappa shape index (κ1) is 13.1. The van der Waals surface area contributed by atoms with Gasteiger partial charge in [0.2, 0.25) is 5.91 Å². The second-order valence-corrected chi connectivity index (χ2v) is 4.98. The summed E-state index contributed by atoms with van der Waals surface area (Å²) in [5, 5.41) is 2.88. The van der Waals surface area contributed by atoms with Gasteiger partial charge in [0.15, 0.2) is 0 Å². The molecule has 18 heavy (non-hydrogen) atoms. The van der Waals surface area contributed by atoms with Gasteiger partial charge in [-0.3, -0.25) is 9.59 Å². The van der Waals surface area contributed by atoms with Crippen molar-refractivity contribution in [2.24, 2.45) is 0 Å². The number of piperidine rings is 1. The minimum absolute atomic E-state index is 0.0451. The number of rotatable bonds is 3. The third-order valence-electron chi connectivity index (χ3n) is 2.91. The van der Waals surface area contributed by atoms with Crippen LogP contribution in [0.5, 0.6) is 0 Å². The van der Waals surface area contributed by atoms with E-state index in [9.17, 15) is 9.59 Å². The van der Waals surface area contributed by atoms with Gasteiger partial charge < -0.3 is 15.2 Å². The quantitative estimate of drug-likeness (QED) is 0.871. The zero-order valence-corrected chi connectivity index (χ0v) is 11.5. The van der Waals surface area contributed by atoms with Crippen molar-refractivity contribution in [2.45, 2.75) is 19.3 Å². The Morgan fingerprint density at radius 3 is 2.89 bits per heavy atom. The standard InChI is InChI=1S/C11H15BrN4O2/c12-9-10(14-7-15-11(9)18)13-6-8(17)16-4-2-1-3-5-16/h7H,1-6H2,(H2,13,14,15,18). The number of carbonyl (C=O) groups excluding carboxylic acids is 1. The van der Waals surface area contributed by atoms with Gasteiger partial charge >= 0.3 is 0 Å². The molecular weight excluding hydrogens is 300 g/mol. The fraction of sp³-hybridized carbons (Fsp3) is 0.545. The Bertz CT molecular complexity index is 482. The normalized spacial score (nSPS) is 15.5. The van der Waals surface area contributed by atoms with Gasteiger partial charge in [-0.1, -0.05) is 0 Å². The predicted molar refractivity (Wildman–Crippen MR) is 71.5 cm³/mol.